The van der Waals surface area contributed by atoms with Crippen LogP contribution in [0.25, 0.3) is 0 Å². The van der Waals surface area contributed by atoms with E-state index in [0.29, 0.717) is 12.1 Å². The van der Waals surface area contributed by atoms with Crippen LogP contribution in [0.3, 0.4) is 0 Å². The van der Waals surface area contributed by atoms with Gasteiger partial charge in [-0.05, 0) is 43.2 Å². The van der Waals surface area contributed by atoms with Gasteiger partial charge in [0.2, 0.25) is 0 Å². The number of halogens is 1. The summed E-state index contributed by atoms with van der Waals surface area (Å²) in [6.07, 6.45) is 3.47. The number of nitrogens with one attached hydrogen (secondary N) is 2. The summed E-state index contributed by atoms with van der Waals surface area (Å²) in [5.74, 6) is 0.870. The number of guanidine groups is 1. The molecule has 0 saturated carbocycles. The fourth-order valence-electron chi connectivity index (χ4n) is 3.41. The lowest BCUT2D eigenvalue weighted by Crippen LogP contribution is -2.47. The van der Waals surface area contributed by atoms with Crippen LogP contribution in [0.2, 0.25) is 0 Å². The molecule has 1 saturated heterocycles. The van der Waals surface area contributed by atoms with Gasteiger partial charge in [-0.2, -0.15) is 0 Å². The zero-order chi connectivity index (χ0) is 18.2. The Kier molecular flexibility index (Phi) is 10.3. The number of aliphatic imine (C=N–C) groups is 1. The summed E-state index contributed by atoms with van der Waals surface area (Å²) in [4.78, 5) is 8.43. The molecule has 0 aliphatic carbocycles. The minimum absolute atomic E-state index is 0. The van der Waals surface area contributed by atoms with E-state index in [1.165, 1.54) is 12.0 Å². The van der Waals surface area contributed by atoms with Crippen molar-refractivity contribution in [1.82, 2.24) is 15.5 Å². The van der Waals surface area contributed by atoms with Gasteiger partial charge in [-0.1, -0.05) is 0 Å². The van der Waals surface area contributed by atoms with E-state index in [2.05, 4.69) is 38.9 Å². The van der Waals surface area contributed by atoms with Crippen LogP contribution in [0.1, 0.15) is 30.2 Å². The third-order valence-corrected chi connectivity index (χ3v) is 6.13. The van der Waals surface area contributed by atoms with Crippen LogP contribution in [0.15, 0.2) is 16.4 Å². The van der Waals surface area contributed by atoms with Crippen LogP contribution >= 0.6 is 35.3 Å². The minimum Gasteiger partial charge on any atom is -0.379 e. The quantitative estimate of drug-likeness (QED) is 0.245. The van der Waals surface area contributed by atoms with E-state index >= 15 is 0 Å². The summed E-state index contributed by atoms with van der Waals surface area (Å²) >= 11 is 1.89. The fraction of sp³-hybridized carbons (Fsp3) is 0.737. The van der Waals surface area contributed by atoms with E-state index < -0.39 is 0 Å². The summed E-state index contributed by atoms with van der Waals surface area (Å²) in [5, 5.41) is 9.05. The highest BCUT2D eigenvalue weighted by molar-refractivity contribution is 14.0. The molecule has 0 spiro atoms. The Bertz CT molecular complexity index is 578. The van der Waals surface area contributed by atoms with Gasteiger partial charge in [-0.25, -0.2) is 0 Å². The van der Waals surface area contributed by atoms with Gasteiger partial charge in [0.25, 0.3) is 0 Å². The SMILES string of the molecule is CN=C(NCCCOC1CCOC1)NCC(C)N1CCc2sccc2C1.I. The van der Waals surface area contributed by atoms with Crippen molar-refractivity contribution in [2.45, 2.75) is 44.9 Å². The van der Waals surface area contributed by atoms with Gasteiger partial charge >= 0.3 is 0 Å². The predicted molar refractivity (Wildman–Crippen MR) is 122 cm³/mol. The Morgan fingerprint density at radius 2 is 2.37 bits per heavy atom. The first-order chi connectivity index (χ1) is 12.8. The van der Waals surface area contributed by atoms with Crippen molar-refractivity contribution in [1.29, 1.82) is 0 Å². The maximum Gasteiger partial charge on any atom is 0.191 e. The molecule has 2 atom stereocenters. The van der Waals surface area contributed by atoms with E-state index in [1.54, 1.807) is 4.88 Å². The van der Waals surface area contributed by atoms with Gasteiger partial charge < -0.3 is 20.1 Å². The van der Waals surface area contributed by atoms with E-state index in [4.69, 9.17) is 9.47 Å². The number of fused-ring (bicyclic) bond motifs is 1. The van der Waals surface area contributed by atoms with Crippen LogP contribution in [0.5, 0.6) is 0 Å². The summed E-state index contributed by atoms with van der Waals surface area (Å²) in [6.45, 7) is 8.61. The van der Waals surface area contributed by atoms with Crippen LogP contribution in [-0.4, -0.2) is 69.5 Å². The molecular weight excluding hydrogens is 475 g/mol. The Hall–Kier alpha value is -0.420. The monoisotopic (exact) mass is 508 g/mol. The molecule has 2 unspecified atom stereocenters. The third kappa shape index (κ3) is 7.16. The first kappa shape index (κ1) is 22.9. The fourth-order valence-corrected chi connectivity index (χ4v) is 4.30. The van der Waals surface area contributed by atoms with Crippen LogP contribution in [0, 0.1) is 0 Å². The molecule has 0 aromatic carbocycles. The lowest BCUT2D eigenvalue weighted by atomic mass is 10.1. The highest BCUT2D eigenvalue weighted by Crippen LogP contribution is 2.24. The average Bonchev–Trinajstić information content (AvgIpc) is 3.34. The summed E-state index contributed by atoms with van der Waals surface area (Å²) in [5.41, 5.74) is 1.50. The Morgan fingerprint density at radius 3 is 3.15 bits per heavy atom. The first-order valence-corrected chi connectivity index (χ1v) is 10.6. The van der Waals surface area contributed by atoms with Gasteiger partial charge in [-0.15, -0.1) is 35.3 Å². The molecular formula is C19H33IN4O2S. The van der Waals surface area contributed by atoms with Crippen molar-refractivity contribution in [3.63, 3.8) is 0 Å². The van der Waals surface area contributed by atoms with E-state index in [9.17, 15) is 0 Å². The van der Waals surface area contributed by atoms with Crippen molar-refractivity contribution in [3.05, 3.63) is 21.9 Å². The number of hydrogen-bond acceptors (Lipinski definition) is 5. The second kappa shape index (κ2) is 12.2. The van der Waals surface area contributed by atoms with Crippen molar-refractivity contribution in [3.8, 4) is 0 Å². The van der Waals surface area contributed by atoms with Crippen LogP contribution in [0.4, 0.5) is 0 Å². The maximum absolute atomic E-state index is 5.79. The molecule has 0 bridgehead atoms. The molecule has 6 nitrogen and oxygen atoms in total. The lowest BCUT2D eigenvalue weighted by molar-refractivity contribution is 0.0420. The molecule has 2 N–H and O–H groups in total. The van der Waals surface area contributed by atoms with Crippen LogP contribution in [-0.2, 0) is 22.4 Å². The van der Waals surface area contributed by atoms with Gasteiger partial charge in [0, 0.05) is 57.4 Å². The van der Waals surface area contributed by atoms with Crippen molar-refractivity contribution >= 4 is 41.3 Å². The van der Waals surface area contributed by atoms with Gasteiger partial charge in [-0.3, -0.25) is 9.89 Å². The molecule has 3 heterocycles. The minimum atomic E-state index is 0. The third-order valence-electron chi connectivity index (χ3n) is 5.10. The zero-order valence-electron chi connectivity index (χ0n) is 16.4. The Morgan fingerprint density at radius 1 is 1.48 bits per heavy atom. The molecule has 1 aromatic rings. The van der Waals surface area contributed by atoms with Crippen molar-refractivity contribution < 1.29 is 9.47 Å². The number of nitrogens with zero attached hydrogens (tertiary/aromatic N) is 2. The topological polar surface area (TPSA) is 58.1 Å². The number of ether oxygens (including phenoxy) is 2. The molecule has 27 heavy (non-hydrogen) atoms. The van der Waals surface area contributed by atoms with Gasteiger partial charge in [0.05, 0.1) is 12.7 Å². The van der Waals surface area contributed by atoms with Gasteiger partial charge in [0.1, 0.15) is 0 Å². The summed E-state index contributed by atoms with van der Waals surface area (Å²) in [7, 11) is 1.82. The molecule has 0 amide bonds. The van der Waals surface area contributed by atoms with E-state index in [-0.39, 0.29) is 24.0 Å². The molecule has 1 aromatic heterocycles. The highest BCUT2D eigenvalue weighted by atomic mass is 127. The predicted octanol–water partition coefficient (Wildman–Crippen LogP) is 2.47. The molecule has 1 fully saturated rings. The normalized spacial score (nSPS) is 21.4. The first-order valence-electron chi connectivity index (χ1n) is 9.69. The zero-order valence-corrected chi connectivity index (χ0v) is 19.6. The Balaban J connectivity index is 0.00000261. The lowest BCUT2D eigenvalue weighted by Gasteiger charge is -2.32. The molecule has 0 radical (unpaired) electrons. The largest absolute Gasteiger partial charge is 0.379 e. The number of hydrogen-bond donors (Lipinski definition) is 2. The smallest absolute Gasteiger partial charge is 0.191 e. The molecule has 8 heteroatoms. The van der Waals surface area contributed by atoms with Crippen molar-refractivity contribution in [2.75, 3.05) is 46.5 Å². The van der Waals surface area contributed by atoms with Crippen LogP contribution < -0.4 is 10.6 Å². The highest BCUT2D eigenvalue weighted by Gasteiger charge is 2.21. The molecule has 2 aliphatic heterocycles. The number of rotatable bonds is 8. The maximum atomic E-state index is 5.79. The average molecular weight is 508 g/mol. The van der Waals surface area contributed by atoms with E-state index in [1.807, 2.05) is 18.4 Å². The molecule has 154 valence electrons. The molecule has 2 aliphatic rings. The van der Waals surface area contributed by atoms with Gasteiger partial charge in [0.15, 0.2) is 5.96 Å². The second-order valence-corrected chi connectivity index (χ2v) is 8.03. The summed E-state index contributed by atoms with van der Waals surface area (Å²) < 4.78 is 11.1. The van der Waals surface area contributed by atoms with E-state index in [0.717, 1.165) is 64.8 Å². The van der Waals surface area contributed by atoms with Crippen molar-refractivity contribution in [2.24, 2.45) is 4.99 Å². The number of thiophene rings is 1. The molecule has 3 rings (SSSR count). The second-order valence-electron chi connectivity index (χ2n) is 7.03. The summed E-state index contributed by atoms with van der Waals surface area (Å²) in [6, 6.07) is 2.75. The Labute approximate surface area is 184 Å². The standard InChI is InChI=1S/C19H32N4O2S.HI/c1-15(23-8-4-18-16(13-23)6-11-26-18)12-22-19(20-2)21-7-3-9-25-17-5-10-24-14-17;/h6,11,15,17H,3-5,7-10,12-14H2,1-2H3,(H2,20,21,22);1H.